The summed E-state index contributed by atoms with van der Waals surface area (Å²) in [6.07, 6.45) is 4.11. The average molecular weight is 355 g/mol. The maximum atomic E-state index is 12.4. The van der Waals surface area contributed by atoms with Crippen LogP contribution in [0.25, 0.3) is 0 Å². The van der Waals surface area contributed by atoms with E-state index in [9.17, 15) is 9.59 Å². The number of amides is 2. The van der Waals surface area contributed by atoms with E-state index in [0.717, 1.165) is 25.2 Å². The van der Waals surface area contributed by atoms with Gasteiger partial charge in [0.1, 0.15) is 0 Å². The van der Waals surface area contributed by atoms with Crippen molar-refractivity contribution in [3.05, 3.63) is 60.1 Å². The first-order valence-corrected chi connectivity index (χ1v) is 9.11. The molecule has 1 unspecified atom stereocenters. The molecule has 1 aromatic carbocycles. The highest BCUT2D eigenvalue weighted by molar-refractivity contribution is 5.91. The summed E-state index contributed by atoms with van der Waals surface area (Å²) in [5, 5.41) is 5.81. The van der Waals surface area contributed by atoms with Gasteiger partial charge in [0.05, 0.1) is 12.3 Å². The van der Waals surface area contributed by atoms with E-state index >= 15 is 0 Å². The topological polar surface area (TPSA) is 74.6 Å². The Morgan fingerprint density at radius 2 is 1.85 bits per heavy atom. The van der Waals surface area contributed by atoms with Crippen molar-refractivity contribution in [2.75, 3.05) is 26.2 Å². The molecule has 0 saturated carbocycles. The van der Waals surface area contributed by atoms with Crippen molar-refractivity contribution >= 4 is 11.8 Å². The molecule has 3 rings (SSSR count). The molecular formula is C20H25N3O3. The van der Waals surface area contributed by atoms with E-state index in [-0.39, 0.29) is 36.6 Å². The third-order valence-electron chi connectivity index (χ3n) is 4.56. The quantitative estimate of drug-likeness (QED) is 0.762. The molecule has 1 saturated heterocycles. The van der Waals surface area contributed by atoms with Crippen LogP contribution in [-0.4, -0.2) is 42.9 Å². The van der Waals surface area contributed by atoms with Gasteiger partial charge in [0.15, 0.2) is 5.76 Å². The second kappa shape index (κ2) is 9.20. The van der Waals surface area contributed by atoms with Crippen LogP contribution < -0.4 is 10.6 Å². The molecule has 1 aromatic heterocycles. The van der Waals surface area contributed by atoms with Crippen LogP contribution in [0, 0.1) is 0 Å². The molecule has 1 aliphatic heterocycles. The Morgan fingerprint density at radius 1 is 1.08 bits per heavy atom. The predicted octanol–water partition coefficient (Wildman–Crippen LogP) is 2.35. The minimum Gasteiger partial charge on any atom is -0.459 e. The Balaban J connectivity index is 1.50. The maximum absolute atomic E-state index is 12.4. The maximum Gasteiger partial charge on any atom is 0.286 e. The standard InChI is InChI=1S/C20H25N3O3/c24-19(10-11-21-20(25)18-9-6-14-26-18)22-17(15-23-12-4-5-13-23)16-7-2-1-3-8-16/h1-3,6-9,14,17H,4-5,10-13,15H2,(H,21,25)(H,22,24). The van der Waals surface area contributed by atoms with Crippen molar-refractivity contribution in [3.8, 4) is 0 Å². The molecule has 26 heavy (non-hydrogen) atoms. The van der Waals surface area contributed by atoms with Crippen LogP contribution >= 0.6 is 0 Å². The van der Waals surface area contributed by atoms with Crippen LogP contribution in [-0.2, 0) is 4.79 Å². The van der Waals surface area contributed by atoms with Gasteiger partial charge in [-0.05, 0) is 43.6 Å². The molecule has 6 nitrogen and oxygen atoms in total. The summed E-state index contributed by atoms with van der Waals surface area (Å²) in [6.45, 7) is 3.25. The Labute approximate surface area is 153 Å². The van der Waals surface area contributed by atoms with Gasteiger partial charge in [-0.25, -0.2) is 0 Å². The van der Waals surface area contributed by atoms with Crippen LogP contribution in [0.5, 0.6) is 0 Å². The molecule has 2 heterocycles. The number of nitrogens with one attached hydrogen (secondary N) is 2. The largest absolute Gasteiger partial charge is 0.459 e. The highest BCUT2D eigenvalue weighted by Crippen LogP contribution is 2.17. The van der Waals surface area contributed by atoms with Gasteiger partial charge < -0.3 is 20.0 Å². The molecule has 6 heteroatoms. The number of hydrogen-bond acceptors (Lipinski definition) is 4. The van der Waals surface area contributed by atoms with Crippen molar-refractivity contribution in [1.82, 2.24) is 15.5 Å². The zero-order chi connectivity index (χ0) is 18.2. The Morgan fingerprint density at radius 3 is 2.54 bits per heavy atom. The number of carbonyl (C=O) groups is 2. The van der Waals surface area contributed by atoms with E-state index in [2.05, 4.69) is 15.5 Å². The molecular weight excluding hydrogens is 330 g/mol. The van der Waals surface area contributed by atoms with Crippen LogP contribution in [0.15, 0.2) is 53.1 Å². The van der Waals surface area contributed by atoms with Crippen LogP contribution in [0.1, 0.15) is 41.4 Å². The molecule has 2 amide bonds. The molecule has 0 radical (unpaired) electrons. The second-order valence-electron chi connectivity index (χ2n) is 6.52. The van der Waals surface area contributed by atoms with Gasteiger partial charge in [-0.3, -0.25) is 9.59 Å². The molecule has 138 valence electrons. The first kappa shape index (κ1) is 18.2. The number of carbonyl (C=O) groups excluding carboxylic acids is 2. The highest BCUT2D eigenvalue weighted by atomic mass is 16.3. The molecule has 0 spiro atoms. The third-order valence-corrected chi connectivity index (χ3v) is 4.56. The lowest BCUT2D eigenvalue weighted by atomic mass is 10.1. The molecule has 1 fully saturated rings. The fourth-order valence-electron chi connectivity index (χ4n) is 3.19. The van der Waals surface area contributed by atoms with E-state index in [0.29, 0.717) is 0 Å². The minimum absolute atomic E-state index is 0.0393. The Bertz CT molecular complexity index is 694. The number of furan rings is 1. The first-order valence-electron chi connectivity index (χ1n) is 9.11. The normalized spacial score (nSPS) is 15.5. The Kier molecular flexibility index (Phi) is 6.44. The Hall–Kier alpha value is -2.60. The average Bonchev–Trinajstić information content (AvgIpc) is 3.36. The lowest BCUT2D eigenvalue weighted by Crippen LogP contribution is -2.38. The predicted molar refractivity (Wildman–Crippen MR) is 98.7 cm³/mol. The molecule has 2 aromatic rings. The van der Waals surface area contributed by atoms with E-state index in [1.54, 1.807) is 12.1 Å². The molecule has 1 aliphatic rings. The van der Waals surface area contributed by atoms with E-state index in [4.69, 9.17) is 4.42 Å². The van der Waals surface area contributed by atoms with Crippen molar-refractivity contribution < 1.29 is 14.0 Å². The summed E-state index contributed by atoms with van der Waals surface area (Å²) in [5.41, 5.74) is 1.10. The third kappa shape index (κ3) is 5.20. The highest BCUT2D eigenvalue weighted by Gasteiger charge is 2.20. The second-order valence-corrected chi connectivity index (χ2v) is 6.52. The van der Waals surface area contributed by atoms with Gasteiger partial charge in [0, 0.05) is 19.5 Å². The van der Waals surface area contributed by atoms with Crippen LogP contribution in [0.3, 0.4) is 0 Å². The summed E-state index contributed by atoms with van der Waals surface area (Å²) in [6, 6.07) is 13.2. The molecule has 1 atom stereocenters. The number of nitrogens with zero attached hydrogens (tertiary/aromatic N) is 1. The van der Waals surface area contributed by atoms with E-state index in [1.807, 2.05) is 30.3 Å². The van der Waals surface area contributed by atoms with E-state index in [1.165, 1.54) is 19.1 Å². The van der Waals surface area contributed by atoms with Crippen molar-refractivity contribution in [2.24, 2.45) is 0 Å². The SMILES string of the molecule is O=C(CCNC(=O)c1ccco1)NC(CN1CCCC1)c1ccccc1. The number of rotatable bonds is 8. The fraction of sp³-hybridized carbons (Fsp3) is 0.400. The zero-order valence-corrected chi connectivity index (χ0v) is 14.8. The smallest absolute Gasteiger partial charge is 0.286 e. The monoisotopic (exact) mass is 355 g/mol. The van der Waals surface area contributed by atoms with Crippen LogP contribution in [0.2, 0.25) is 0 Å². The van der Waals surface area contributed by atoms with Crippen molar-refractivity contribution in [1.29, 1.82) is 0 Å². The summed E-state index contributed by atoms with van der Waals surface area (Å²) in [7, 11) is 0. The number of benzene rings is 1. The van der Waals surface area contributed by atoms with Gasteiger partial charge >= 0.3 is 0 Å². The minimum atomic E-state index is -0.306. The molecule has 0 aliphatic carbocycles. The van der Waals surface area contributed by atoms with Gasteiger partial charge in [0.2, 0.25) is 5.91 Å². The summed E-state index contributed by atoms with van der Waals surface area (Å²) < 4.78 is 5.03. The van der Waals surface area contributed by atoms with E-state index < -0.39 is 0 Å². The summed E-state index contributed by atoms with van der Waals surface area (Å²) in [4.78, 5) is 26.6. The summed E-state index contributed by atoms with van der Waals surface area (Å²) >= 11 is 0. The number of likely N-dealkylation sites (tertiary alicyclic amines) is 1. The first-order chi connectivity index (χ1) is 12.7. The fourth-order valence-corrected chi connectivity index (χ4v) is 3.19. The number of hydrogen-bond donors (Lipinski definition) is 2. The summed E-state index contributed by atoms with van der Waals surface area (Å²) in [5.74, 6) is -0.126. The lowest BCUT2D eigenvalue weighted by molar-refractivity contribution is -0.121. The zero-order valence-electron chi connectivity index (χ0n) is 14.8. The van der Waals surface area contributed by atoms with Gasteiger partial charge in [-0.1, -0.05) is 30.3 Å². The van der Waals surface area contributed by atoms with Crippen molar-refractivity contribution in [3.63, 3.8) is 0 Å². The van der Waals surface area contributed by atoms with Gasteiger partial charge in [-0.2, -0.15) is 0 Å². The van der Waals surface area contributed by atoms with Crippen LogP contribution in [0.4, 0.5) is 0 Å². The van der Waals surface area contributed by atoms with Gasteiger partial charge in [0.25, 0.3) is 5.91 Å². The molecule has 0 bridgehead atoms. The molecule has 2 N–H and O–H groups in total. The lowest BCUT2D eigenvalue weighted by Gasteiger charge is -2.25. The van der Waals surface area contributed by atoms with Crippen molar-refractivity contribution in [2.45, 2.75) is 25.3 Å². The van der Waals surface area contributed by atoms with Gasteiger partial charge in [-0.15, -0.1) is 0 Å².